The standard InChI is InChI=1S/C17H19Br2NO/c1-21-17-7-4-13(10-16(17)19)9-14(11-20)8-12-2-5-15(18)6-3-12/h2-7,10,14H,8-9,11,20H2,1H3. The second-order valence-electron chi connectivity index (χ2n) is 5.11. The Balaban J connectivity index is 2.05. The van der Waals surface area contributed by atoms with Crippen molar-refractivity contribution in [1.82, 2.24) is 0 Å². The number of nitrogens with two attached hydrogens (primary N) is 1. The molecule has 0 heterocycles. The van der Waals surface area contributed by atoms with E-state index in [1.165, 1.54) is 11.1 Å². The predicted molar refractivity (Wildman–Crippen MR) is 94.8 cm³/mol. The molecule has 0 saturated heterocycles. The monoisotopic (exact) mass is 411 g/mol. The summed E-state index contributed by atoms with van der Waals surface area (Å²) >= 11 is 6.99. The summed E-state index contributed by atoms with van der Waals surface area (Å²) in [7, 11) is 1.68. The van der Waals surface area contributed by atoms with Crippen LogP contribution in [0.15, 0.2) is 51.4 Å². The fourth-order valence-electron chi connectivity index (χ4n) is 2.36. The summed E-state index contributed by atoms with van der Waals surface area (Å²) in [6.07, 6.45) is 1.96. The van der Waals surface area contributed by atoms with Crippen LogP contribution in [0.25, 0.3) is 0 Å². The Kier molecular flexibility index (Phi) is 6.27. The quantitative estimate of drug-likeness (QED) is 0.753. The molecule has 0 aliphatic heterocycles. The summed E-state index contributed by atoms with van der Waals surface area (Å²) in [6, 6.07) is 14.7. The van der Waals surface area contributed by atoms with Gasteiger partial charge in [0.1, 0.15) is 5.75 Å². The highest BCUT2D eigenvalue weighted by molar-refractivity contribution is 9.10. The topological polar surface area (TPSA) is 35.2 Å². The maximum Gasteiger partial charge on any atom is 0.133 e. The molecule has 112 valence electrons. The van der Waals surface area contributed by atoms with Gasteiger partial charge >= 0.3 is 0 Å². The third kappa shape index (κ3) is 4.83. The maximum absolute atomic E-state index is 5.95. The van der Waals surface area contributed by atoms with Crippen molar-refractivity contribution in [2.75, 3.05) is 13.7 Å². The molecule has 1 unspecified atom stereocenters. The van der Waals surface area contributed by atoms with E-state index in [4.69, 9.17) is 10.5 Å². The first-order chi connectivity index (χ1) is 10.1. The van der Waals surface area contributed by atoms with Gasteiger partial charge in [-0.15, -0.1) is 0 Å². The van der Waals surface area contributed by atoms with Gasteiger partial charge in [0.05, 0.1) is 11.6 Å². The van der Waals surface area contributed by atoms with Gasteiger partial charge in [-0.3, -0.25) is 0 Å². The zero-order valence-electron chi connectivity index (χ0n) is 12.0. The Labute approximate surface area is 143 Å². The molecule has 0 fully saturated rings. The van der Waals surface area contributed by atoms with Gasteiger partial charge in [0.15, 0.2) is 0 Å². The number of ether oxygens (including phenoxy) is 1. The van der Waals surface area contributed by atoms with Gasteiger partial charge in [0.25, 0.3) is 0 Å². The summed E-state index contributed by atoms with van der Waals surface area (Å²) in [5, 5.41) is 0. The van der Waals surface area contributed by atoms with Gasteiger partial charge in [-0.2, -0.15) is 0 Å². The molecule has 0 aromatic heterocycles. The third-order valence-corrected chi connectivity index (χ3v) is 4.66. The number of methoxy groups -OCH3 is 1. The van der Waals surface area contributed by atoms with E-state index >= 15 is 0 Å². The molecule has 21 heavy (non-hydrogen) atoms. The second-order valence-corrected chi connectivity index (χ2v) is 6.88. The van der Waals surface area contributed by atoms with Crippen LogP contribution < -0.4 is 10.5 Å². The Morgan fingerprint density at radius 3 is 2.19 bits per heavy atom. The minimum Gasteiger partial charge on any atom is -0.496 e. The first-order valence-electron chi connectivity index (χ1n) is 6.89. The average Bonchev–Trinajstić information content (AvgIpc) is 2.49. The molecule has 0 aliphatic carbocycles. The van der Waals surface area contributed by atoms with Crippen LogP contribution in [0.4, 0.5) is 0 Å². The molecule has 0 saturated carbocycles. The van der Waals surface area contributed by atoms with Crippen LogP contribution >= 0.6 is 31.9 Å². The lowest BCUT2D eigenvalue weighted by Crippen LogP contribution is -2.19. The summed E-state index contributed by atoms with van der Waals surface area (Å²) in [4.78, 5) is 0. The number of hydrogen-bond acceptors (Lipinski definition) is 2. The normalized spacial score (nSPS) is 12.2. The largest absolute Gasteiger partial charge is 0.496 e. The third-order valence-electron chi connectivity index (χ3n) is 3.51. The Morgan fingerprint density at radius 2 is 1.62 bits per heavy atom. The summed E-state index contributed by atoms with van der Waals surface area (Å²) < 4.78 is 7.36. The van der Waals surface area contributed by atoms with E-state index in [9.17, 15) is 0 Å². The van der Waals surface area contributed by atoms with E-state index in [1.807, 2.05) is 6.07 Å². The van der Waals surface area contributed by atoms with Crippen molar-refractivity contribution in [3.8, 4) is 5.75 Å². The molecule has 4 heteroatoms. The smallest absolute Gasteiger partial charge is 0.133 e. The van der Waals surface area contributed by atoms with Gasteiger partial charge in [-0.25, -0.2) is 0 Å². The van der Waals surface area contributed by atoms with Crippen LogP contribution in [0.2, 0.25) is 0 Å². The summed E-state index contributed by atoms with van der Waals surface area (Å²) in [6.45, 7) is 0.680. The summed E-state index contributed by atoms with van der Waals surface area (Å²) in [5.41, 5.74) is 8.54. The van der Waals surface area contributed by atoms with Crippen LogP contribution in [-0.4, -0.2) is 13.7 Å². The number of hydrogen-bond donors (Lipinski definition) is 1. The van der Waals surface area contributed by atoms with Crippen molar-refractivity contribution >= 4 is 31.9 Å². The lowest BCUT2D eigenvalue weighted by molar-refractivity contribution is 0.411. The molecular formula is C17H19Br2NO. The van der Waals surface area contributed by atoms with Crippen LogP contribution in [0, 0.1) is 5.92 Å². The first-order valence-corrected chi connectivity index (χ1v) is 8.48. The highest BCUT2D eigenvalue weighted by Crippen LogP contribution is 2.27. The predicted octanol–water partition coefficient (Wildman–Crippen LogP) is 4.58. The molecule has 0 spiro atoms. The number of rotatable bonds is 6. The molecule has 1 atom stereocenters. The van der Waals surface area contributed by atoms with Crippen molar-refractivity contribution in [2.24, 2.45) is 11.7 Å². The number of benzene rings is 2. The highest BCUT2D eigenvalue weighted by atomic mass is 79.9. The SMILES string of the molecule is COc1ccc(CC(CN)Cc2ccc(Br)cc2)cc1Br. The molecule has 2 rings (SSSR count). The Bertz CT molecular complexity index is 584. The molecule has 2 aromatic carbocycles. The molecule has 0 bridgehead atoms. The Morgan fingerprint density at radius 1 is 1.00 bits per heavy atom. The van der Waals surface area contributed by atoms with E-state index < -0.39 is 0 Å². The van der Waals surface area contributed by atoms with Gasteiger partial charge in [-0.1, -0.05) is 34.1 Å². The maximum atomic E-state index is 5.95. The van der Waals surface area contributed by atoms with Crippen molar-refractivity contribution < 1.29 is 4.74 Å². The van der Waals surface area contributed by atoms with Gasteiger partial charge in [0, 0.05) is 4.47 Å². The Hall–Kier alpha value is -0.840. The van der Waals surface area contributed by atoms with Gasteiger partial charge in [0.2, 0.25) is 0 Å². The minimum absolute atomic E-state index is 0.437. The van der Waals surface area contributed by atoms with E-state index in [2.05, 4.69) is 68.3 Å². The van der Waals surface area contributed by atoms with Crippen molar-refractivity contribution in [3.05, 3.63) is 62.5 Å². The van der Waals surface area contributed by atoms with Crippen molar-refractivity contribution in [1.29, 1.82) is 0 Å². The number of halogens is 2. The second kappa shape index (κ2) is 7.97. The van der Waals surface area contributed by atoms with Crippen LogP contribution in [0.5, 0.6) is 5.75 Å². The summed E-state index contributed by atoms with van der Waals surface area (Å²) in [5.74, 6) is 1.29. The molecule has 0 aliphatic rings. The molecular weight excluding hydrogens is 394 g/mol. The van der Waals surface area contributed by atoms with Gasteiger partial charge < -0.3 is 10.5 Å². The van der Waals surface area contributed by atoms with Crippen LogP contribution in [0.3, 0.4) is 0 Å². The molecule has 0 amide bonds. The van der Waals surface area contributed by atoms with Crippen LogP contribution in [-0.2, 0) is 12.8 Å². The lowest BCUT2D eigenvalue weighted by atomic mass is 9.92. The fourth-order valence-corrected chi connectivity index (χ4v) is 3.22. The average molecular weight is 413 g/mol. The van der Waals surface area contributed by atoms with E-state index in [-0.39, 0.29) is 0 Å². The molecule has 2 aromatic rings. The zero-order chi connectivity index (χ0) is 15.2. The van der Waals surface area contributed by atoms with E-state index in [0.717, 1.165) is 27.5 Å². The first kappa shape index (κ1) is 16.5. The van der Waals surface area contributed by atoms with E-state index in [0.29, 0.717) is 12.5 Å². The van der Waals surface area contributed by atoms with Crippen molar-refractivity contribution in [3.63, 3.8) is 0 Å². The molecule has 2 nitrogen and oxygen atoms in total. The molecule has 0 radical (unpaired) electrons. The van der Waals surface area contributed by atoms with Crippen LogP contribution in [0.1, 0.15) is 11.1 Å². The lowest BCUT2D eigenvalue weighted by Gasteiger charge is -2.16. The van der Waals surface area contributed by atoms with Crippen molar-refractivity contribution in [2.45, 2.75) is 12.8 Å². The van der Waals surface area contributed by atoms with E-state index in [1.54, 1.807) is 7.11 Å². The fraction of sp³-hybridized carbons (Fsp3) is 0.294. The van der Waals surface area contributed by atoms with Gasteiger partial charge in [-0.05, 0) is 76.6 Å². The zero-order valence-corrected chi connectivity index (χ0v) is 15.2. The molecule has 2 N–H and O–H groups in total. The minimum atomic E-state index is 0.437. The highest BCUT2D eigenvalue weighted by Gasteiger charge is 2.10.